The molecule has 0 saturated carbocycles. The number of methoxy groups -OCH3 is 1. The van der Waals surface area contributed by atoms with Gasteiger partial charge in [-0.05, 0) is 18.6 Å². The van der Waals surface area contributed by atoms with Gasteiger partial charge < -0.3 is 14.2 Å². The van der Waals surface area contributed by atoms with Gasteiger partial charge in [0.05, 0.1) is 7.11 Å². The van der Waals surface area contributed by atoms with Crippen molar-refractivity contribution in [2.75, 3.05) is 20.2 Å². The molecule has 0 radical (unpaired) electrons. The molecule has 1 aliphatic heterocycles. The number of hydrogen-bond acceptors (Lipinski definition) is 6. The maximum Gasteiger partial charge on any atom is 0.405 e. The van der Waals surface area contributed by atoms with Crippen LogP contribution in [-0.4, -0.2) is 52.3 Å². The van der Waals surface area contributed by atoms with Crippen LogP contribution in [-0.2, 0) is 14.9 Å². The first kappa shape index (κ1) is 17.9. The van der Waals surface area contributed by atoms with E-state index in [4.69, 9.17) is 9.26 Å². The Balaban J connectivity index is 1.95. The van der Waals surface area contributed by atoms with E-state index >= 15 is 0 Å². The molecule has 0 bridgehead atoms. The summed E-state index contributed by atoms with van der Waals surface area (Å²) in [6.07, 6.45) is -2.14. The van der Waals surface area contributed by atoms with E-state index in [1.54, 1.807) is 12.1 Å². The number of hydrogen-bond donors (Lipinski definition) is 0. The number of rotatable bonds is 4. The van der Waals surface area contributed by atoms with Crippen molar-refractivity contribution in [1.82, 2.24) is 20.0 Å². The fourth-order valence-corrected chi connectivity index (χ4v) is 2.80. The Labute approximate surface area is 146 Å². The largest absolute Gasteiger partial charge is 0.492 e. The quantitative estimate of drug-likeness (QED) is 0.609. The highest BCUT2D eigenvalue weighted by atomic mass is 19.4. The first-order chi connectivity index (χ1) is 12.3. The van der Waals surface area contributed by atoms with Crippen LogP contribution in [0.1, 0.15) is 12.3 Å². The highest BCUT2D eigenvalue weighted by Gasteiger charge is 2.63. The smallest absolute Gasteiger partial charge is 0.405 e. The second-order valence-corrected chi connectivity index (χ2v) is 5.85. The molecule has 3 heterocycles. The van der Waals surface area contributed by atoms with Crippen LogP contribution in [0.2, 0.25) is 0 Å². The molecular formula is C16H15F3N4O3. The molecule has 7 nitrogen and oxygen atoms in total. The zero-order valence-corrected chi connectivity index (χ0v) is 13.8. The van der Waals surface area contributed by atoms with Gasteiger partial charge in [0, 0.05) is 31.0 Å². The normalized spacial score (nSPS) is 20.2. The third kappa shape index (κ3) is 2.91. The zero-order chi connectivity index (χ0) is 18.9. The van der Waals surface area contributed by atoms with E-state index in [0.29, 0.717) is 5.56 Å². The van der Waals surface area contributed by atoms with Gasteiger partial charge in [-0.1, -0.05) is 11.7 Å². The van der Waals surface area contributed by atoms with Gasteiger partial charge in [0.1, 0.15) is 0 Å². The predicted molar refractivity (Wildman–Crippen MR) is 82.6 cm³/mol. The van der Waals surface area contributed by atoms with Crippen molar-refractivity contribution in [1.29, 1.82) is 0 Å². The van der Waals surface area contributed by atoms with E-state index in [2.05, 4.69) is 21.7 Å². The number of likely N-dealkylation sites (tertiary alicyclic amines) is 1. The van der Waals surface area contributed by atoms with Crippen LogP contribution in [0, 0.1) is 0 Å². The second kappa shape index (κ2) is 6.43. The summed E-state index contributed by atoms with van der Waals surface area (Å²) in [4.78, 5) is 20.9. The molecule has 0 N–H and O–H groups in total. The monoisotopic (exact) mass is 368 g/mol. The van der Waals surface area contributed by atoms with Crippen molar-refractivity contribution in [2.24, 2.45) is 0 Å². The highest BCUT2D eigenvalue weighted by molar-refractivity contribution is 5.91. The molecular weight excluding hydrogens is 353 g/mol. The van der Waals surface area contributed by atoms with Gasteiger partial charge in [-0.3, -0.25) is 9.78 Å². The molecule has 1 amide bonds. The molecule has 0 aromatic carbocycles. The van der Waals surface area contributed by atoms with Crippen LogP contribution in [0.15, 0.2) is 41.4 Å². The summed E-state index contributed by atoms with van der Waals surface area (Å²) >= 11 is 0. The van der Waals surface area contributed by atoms with Gasteiger partial charge in [0.25, 0.3) is 5.91 Å². The number of aromatic nitrogens is 3. The van der Waals surface area contributed by atoms with E-state index < -0.39 is 36.4 Å². The van der Waals surface area contributed by atoms with Gasteiger partial charge in [0.2, 0.25) is 11.7 Å². The van der Waals surface area contributed by atoms with E-state index in [-0.39, 0.29) is 18.1 Å². The summed E-state index contributed by atoms with van der Waals surface area (Å²) in [5.41, 5.74) is -2.01. The third-order valence-corrected chi connectivity index (χ3v) is 4.34. The first-order valence-corrected chi connectivity index (χ1v) is 7.62. The molecule has 26 heavy (non-hydrogen) atoms. The number of amides is 1. The SMILES string of the molecule is C=C(OC)C(=O)N1CCC(c2nc(-c3cccnc3)no2)(C(F)(F)F)C1. The van der Waals surface area contributed by atoms with Crippen LogP contribution < -0.4 is 0 Å². The standard InChI is InChI=1S/C16H15F3N4O3/c1-10(25-2)13(24)23-7-5-15(9-23,16(17,18)19)14-21-12(22-26-14)11-4-3-6-20-8-11/h3-4,6,8H,1,5,7,9H2,2H3. The van der Waals surface area contributed by atoms with Crippen LogP contribution in [0.4, 0.5) is 13.2 Å². The van der Waals surface area contributed by atoms with E-state index in [9.17, 15) is 18.0 Å². The summed E-state index contributed by atoms with van der Waals surface area (Å²) in [6, 6.07) is 3.21. The average molecular weight is 368 g/mol. The van der Waals surface area contributed by atoms with E-state index in [1.165, 1.54) is 19.5 Å². The van der Waals surface area contributed by atoms with Gasteiger partial charge in [-0.2, -0.15) is 18.2 Å². The summed E-state index contributed by atoms with van der Waals surface area (Å²) in [5.74, 6) is -1.51. The number of nitrogens with zero attached hydrogens (tertiary/aromatic N) is 4. The maximum atomic E-state index is 13.9. The number of pyridine rings is 1. The molecule has 3 rings (SSSR count). The Kier molecular flexibility index (Phi) is 4.43. The number of carbonyl (C=O) groups excluding carboxylic acids is 1. The predicted octanol–water partition coefficient (Wildman–Crippen LogP) is 2.32. The maximum absolute atomic E-state index is 13.9. The van der Waals surface area contributed by atoms with Crippen LogP contribution in [0.25, 0.3) is 11.4 Å². The zero-order valence-electron chi connectivity index (χ0n) is 13.8. The van der Waals surface area contributed by atoms with Crippen LogP contribution >= 0.6 is 0 Å². The number of carbonyl (C=O) groups is 1. The highest BCUT2D eigenvalue weighted by Crippen LogP contribution is 2.47. The van der Waals surface area contributed by atoms with Crippen molar-refractivity contribution in [3.8, 4) is 11.4 Å². The fourth-order valence-electron chi connectivity index (χ4n) is 2.80. The van der Waals surface area contributed by atoms with Crippen molar-refractivity contribution in [3.63, 3.8) is 0 Å². The molecule has 10 heteroatoms. The van der Waals surface area contributed by atoms with E-state index in [1.807, 2.05) is 0 Å². The Morgan fingerprint density at radius 3 is 2.85 bits per heavy atom. The Hall–Kier alpha value is -2.91. The Morgan fingerprint density at radius 1 is 1.46 bits per heavy atom. The minimum Gasteiger partial charge on any atom is -0.492 e. The molecule has 2 aromatic heterocycles. The topological polar surface area (TPSA) is 81.4 Å². The lowest BCUT2D eigenvalue weighted by molar-refractivity contribution is -0.193. The van der Waals surface area contributed by atoms with Gasteiger partial charge in [-0.15, -0.1) is 0 Å². The lowest BCUT2D eigenvalue weighted by Crippen LogP contribution is -2.46. The number of halogens is 3. The van der Waals surface area contributed by atoms with Crippen molar-refractivity contribution < 1.29 is 27.2 Å². The van der Waals surface area contributed by atoms with Gasteiger partial charge in [0.15, 0.2) is 11.2 Å². The molecule has 1 fully saturated rings. The molecule has 138 valence electrons. The van der Waals surface area contributed by atoms with Crippen molar-refractivity contribution >= 4 is 5.91 Å². The van der Waals surface area contributed by atoms with E-state index in [0.717, 1.165) is 4.90 Å². The summed E-state index contributed by atoms with van der Waals surface area (Å²) in [5, 5.41) is 3.64. The van der Waals surface area contributed by atoms with Crippen LogP contribution in [0.3, 0.4) is 0 Å². The van der Waals surface area contributed by atoms with Gasteiger partial charge in [-0.25, -0.2) is 0 Å². The summed E-state index contributed by atoms with van der Waals surface area (Å²) in [7, 11) is 1.23. The molecule has 0 aliphatic carbocycles. The minimum atomic E-state index is -4.69. The lowest BCUT2D eigenvalue weighted by atomic mass is 9.86. The minimum absolute atomic E-state index is 0.00260. The third-order valence-electron chi connectivity index (χ3n) is 4.34. The van der Waals surface area contributed by atoms with Crippen molar-refractivity contribution in [3.05, 3.63) is 42.8 Å². The summed E-state index contributed by atoms with van der Waals surface area (Å²) < 4.78 is 51.4. The lowest BCUT2D eigenvalue weighted by Gasteiger charge is -2.27. The Morgan fingerprint density at radius 2 is 2.23 bits per heavy atom. The fraction of sp³-hybridized carbons (Fsp3) is 0.375. The number of alkyl halides is 3. The molecule has 0 spiro atoms. The summed E-state index contributed by atoms with van der Waals surface area (Å²) in [6.45, 7) is 2.61. The Bertz CT molecular complexity index is 822. The first-order valence-electron chi connectivity index (χ1n) is 7.62. The number of ether oxygens (including phenoxy) is 1. The molecule has 1 atom stereocenters. The van der Waals surface area contributed by atoms with Crippen molar-refractivity contribution in [2.45, 2.75) is 18.0 Å². The van der Waals surface area contributed by atoms with Gasteiger partial charge >= 0.3 is 6.18 Å². The molecule has 1 unspecified atom stereocenters. The molecule has 1 aliphatic rings. The molecule has 1 saturated heterocycles. The second-order valence-electron chi connectivity index (χ2n) is 5.85. The molecule has 2 aromatic rings. The van der Waals surface area contributed by atoms with Crippen LogP contribution in [0.5, 0.6) is 0 Å². The average Bonchev–Trinajstić information content (AvgIpc) is 3.28.